The van der Waals surface area contributed by atoms with Crippen molar-refractivity contribution in [2.45, 2.75) is 13.3 Å². The van der Waals surface area contributed by atoms with Gasteiger partial charge in [-0.15, -0.1) is 0 Å². The summed E-state index contributed by atoms with van der Waals surface area (Å²) >= 11 is 5.85. The van der Waals surface area contributed by atoms with E-state index in [0.717, 1.165) is 11.5 Å². The SMILES string of the molecule is Cc1nc(CCO)n(C)c1Cl. The summed E-state index contributed by atoms with van der Waals surface area (Å²) < 4.78 is 1.78. The number of halogens is 1. The van der Waals surface area contributed by atoms with Crippen molar-refractivity contribution < 1.29 is 5.11 Å². The van der Waals surface area contributed by atoms with Crippen LogP contribution in [0.2, 0.25) is 5.15 Å². The Morgan fingerprint density at radius 1 is 1.64 bits per heavy atom. The van der Waals surface area contributed by atoms with Gasteiger partial charge in [0.05, 0.1) is 12.3 Å². The lowest BCUT2D eigenvalue weighted by atomic mass is 10.4. The summed E-state index contributed by atoms with van der Waals surface area (Å²) in [6.07, 6.45) is 0.560. The summed E-state index contributed by atoms with van der Waals surface area (Å²) in [6.45, 7) is 1.96. The molecule has 1 aromatic rings. The highest BCUT2D eigenvalue weighted by Crippen LogP contribution is 2.15. The van der Waals surface area contributed by atoms with Gasteiger partial charge >= 0.3 is 0 Å². The molecule has 0 amide bonds. The molecular formula is C7H11ClN2O. The molecule has 0 radical (unpaired) electrons. The summed E-state index contributed by atoms with van der Waals surface area (Å²) in [5.74, 6) is 0.829. The van der Waals surface area contributed by atoms with Crippen molar-refractivity contribution in [3.8, 4) is 0 Å². The van der Waals surface area contributed by atoms with Crippen molar-refractivity contribution in [1.29, 1.82) is 0 Å². The minimum absolute atomic E-state index is 0.112. The van der Waals surface area contributed by atoms with E-state index in [-0.39, 0.29) is 6.61 Å². The van der Waals surface area contributed by atoms with Gasteiger partial charge in [0, 0.05) is 13.5 Å². The molecule has 62 valence electrons. The smallest absolute Gasteiger partial charge is 0.131 e. The second-order valence-electron chi connectivity index (χ2n) is 2.44. The van der Waals surface area contributed by atoms with E-state index in [1.165, 1.54) is 0 Å². The lowest BCUT2D eigenvalue weighted by molar-refractivity contribution is 0.295. The Bertz CT molecular complexity index is 257. The fourth-order valence-corrected chi connectivity index (χ4v) is 1.13. The molecule has 0 fully saturated rings. The largest absolute Gasteiger partial charge is 0.396 e. The first-order valence-corrected chi connectivity index (χ1v) is 3.83. The standard InChI is InChI=1S/C7H11ClN2O/c1-5-7(8)10(2)6(9-5)3-4-11/h11H,3-4H2,1-2H3. The maximum Gasteiger partial charge on any atom is 0.131 e. The van der Waals surface area contributed by atoms with Gasteiger partial charge in [0.25, 0.3) is 0 Å². The van der Waals surface area contributed by atoms with Crippen molar-refractivity contribution >= 4 is 11.6 Å². The van der Waals surface area contributed by atoms with E-state index in [1.54, 1.807) is 4.57 Å². The number of aryl methyl sites for hydroxylation is 1. The summed E-state index contributed by atoms with van der Waals surface area (Å²) in [5.41, 5.74) is 0.817. The van der Waals surface area contributed by atoms with E-state index >= 15 is 0 Å². The van der Waals surface area contributed by atoms with Crippen LogP contribution < -0.4 is 0 Å². The molecule has 0 aliphatic heterocycles. The second-order valence-corrected chi connectivity index (χ2v) is 2.79. The number of hydrogen-bond donors (Lipinski definition) is 1. The van der Waals surface area contributed by atoms with Crippen LogP contribution in [0.1, 0.15) is 11.5 Å². The summed E-state index contributed by atoms with van der Waals surface area (Å²) in [5, 5.41) is 9.29. The van der Waals surface area contributed by atoms with Crippen LogP contribution in [-0.4, -0.2) is 21.3 Å². The molecule has 1 heterocycles. The molecule has 0 saturated carbocycles. The first-order chi connectivity index (χ1) is 5.16. The summed E-state index contributed by atoms with van der Waals surface area (Å²) in [4.78, 5) is 4.17. The van der Waals surface area contributed by atoms with Crippen LogP contribution in [0.15, 0.2) is 0 Å². The molecule has 0 spiro atoms. The third-order valence-corrected chi connectivity index (χ3v) is 2.14. The molecule has 1 rings (SSSR count). The first-order valence-electron chi connectivity index (χ1n) is 3.45. The highest BCUT2D eigenvalue weighted by molar-refractivity contribution is 6.30. The lowest BCUT2D eigenvalue weighted by Gasteiger charge is -1.97. The molecule has 4 heteroatoms. The summed E-state index contributed by atoms with van der Waals surface area (Å²) in [7, 11) is 1.84. The number of rotatable bonds is 2. The van der Waals surface area contributed by atoms with Gasteiger partial charge in [0.15, 0.2) is 0 Å². The first kappa shape index (κ1) is 8.56. The monoisotopic (exact) mass is 174 g/mol. The Balaban J connectivity index is 2.98. The van der Waals surface area contributed by atoms with Crippen molar-refractivity contribution in [3.05, 3.63) is 16.7 Å². The Morgan fingerprint density at radius 3 is 2.64 bits per heavy atom. The highest BCUT2D eigenvalue weighted by atomic mass is 35.5. The Kier molecular flexibility index (Phi) is 2.52. The Hall–Kier alpha value is -0.540. The van der Waals surface area contributed by atoms with E-state index in [4.69, 9.17) is 16.7 Å². The Labute approximate surface area is 70.6 Å². The van der Waals surface area contributed by atoms with Gasteiger partial charge < -0.3 is 9.67 Å². The van der Waals surface area contributed by atoms with Gasteiger partial charge in [0.1, 0.15) is 11.0 Å². The Morgan fingerprint density at radius 2 is 2.27 bits per heavy atom. The predicted octanol–water partition coefficient (Wildman–Crippen LogP) is 0.917. The number of nitrogens with zero attached hydrogens (tertiary/aromatic N) is 2. The molecule has 11 heavy (non-hydrogen) atoms. The molecule has 0 aliphatic carbocycles. The molecule has 0 bridgehead atoms. The maximum absolute atomic E-state index is 8.65. The molecule has 0 aliphatic rings. The number of aliphatic hydroxyl groups excluding tert-OH is 1. The number of imidazole rings is 1. The molecule has 0 unspecified atom stereocenters. The molecule has 1 N–H and O–H groups in total. The van der Waals surface area contributed by atoms with E-state index in [0.29, 0.717) is 11.6 Å². The fraction of sp³-hybridized carbons (Fsp3) is 0.571. The second kappa shape index (κ2) is 3.24. The van der Waals surface area contributed by atoms with Crippen molar-refractivity contribution in [3.63, 3.8) is 0 Å². The number of aliphatic hydroxyl groups is 1. The topological polar surface area (TPSA) is 38.1 Å². The molecule has 0 saturated heterocycles. The average molecular weight is 175 g/mol. The molecular weight excluding hydrogens is 164 g/mol. The van der Waals surface area contributed by atoms with Gasteiger partial charge in [-0.3, -0.25) is 0 Å². The molecule has 1 aromatic heterocycles. The van der Waals surface area contributed by atoms with Crippen LogP contribution in [-0.2, 0) is 13.5 Å². The fourth-order valence-electron chi connectivity index (χ4n) is 0.994. The van der Waals surface area contributed by atoms with E-state index in [9.17, 15) is 0 Å². The number of aromatic nitrogens is 2. The van der Waals surface area contributed by atoms with Crippen LogP contribution in [0.4, 0.5) is 0 Å². The van der Waals surface area contributed by atoms with E-state index in [1.807, 2.05) is 14.0 Å². The van der Waals surface area contributed by atoms with Gasteiger partial charge in [-0.2, -0.15) is 0 Å². The van der Waals surface area contributed by atoms with Crippen molar-refractivity contribution in [2.24, 2.45) is 7.05 Å². The van der Waals surface area contributed by atoms with Crippen LogP contribution in [0.3, 0.4) is 0 Å². The zero-order valence-electron chi connectivity index (χ0n) is 6.63. The molecule has 0 atom stereocenters. The average Bonchev–Trinajstić information content (AvgIpc) is 2.19. The van der Waals surface area contributed by atoms with Gasteiger partial charge in [-0.25, -0.2) is 4.98 Å². The zero-order valence-corrected chi connectivity index (χ0v) is 7.39. The molecule has 0 aromatic carbocycles. The normalized spacial score (nSPS) is 10.5. The van der Waals surface area contributed by atoms with Crippen molar-refractivity contribution in [2.75, 3.05) is 6.61 Å². The predicted molar refractivity (Wildman–Crippen MR) is 43.7 cm³/mol. The number of hydrogen-bond acceptors (Lipinski definition) is 2. The van der Waals surface area contributed by atoms with E-state index < -0.39 is 0 Å². The quantitative estimate of drug-likeness (QED) is 0.724. The molecule has 3 nitrogen and oxygen atoms in total. The van der Waals surface area contributed by atoms with Crippen LogP contribution in [0.25, 0.3) is 0 Å². The maximum atomic E-state index is 8.65. The highest BCUT2D eigenvalue weighted by Gasteiger charge is 2.07. The third kappa shape index (κ3) is 1.54. The lowest BCUT2D eigenvalue weighted by Crippen LogP contribution is -2.00. The third-order valence-electron chi connectivity index (χ3n) is 1.61. The van der Waals surface area contributed by atoms with Crippen LogP contribution in [0.5, 0.6) is 0 Å². The van der Waals surface area contributed by atoms with Crippen LogP contribution >= 0.6 is 11.6 Å². The summed E-state index contributed by atoms with van der Waals surface area (Å²) in [6, 6.07) is 0. The zero-order chi connectivity index (χ0) is 8.43. The minimum atomic E-state index is 0.112. The van der Waals surface area contributed by atoms with Gasteiger partial charge in [-0.05, 0) is 6.92 Å². The van der Waals surface area contributed by atoms with E-state index in [2.05, 4.69) is 4.98 Å². The van der Waals surface area contributed by atoms with Gasteiger partial charge in [0.2, 0.25) is 0 Å². The minimum Gasteiger partial charge on any atom is -0.396 e. The van der Waals surface area contributed by atoms with Crippen molar-refractivity contribution in [1.82, 2.24) is 9.55 Å². The van der Waals surface area contributed by atoms with Crippen LogP contribution in [0, 0.1) is 6.92 Å². The van der Waals surface area contributed by atoms with Gasteiger partial charge in [-0.1, -0.05) is 11.6 Å².